The average molecular weight is 172 g/mol. The van der Waals surface area contributed by atoms with E-state index in [1.54, 1.807) is 0 Å². The van der Waals surface area contributed by atoms with Gasteiger partial charge in [-0.1, -0.05) is 17.8 Å². The van der Waals surface area contributed by atoms with Crippen LogP contribution in [-0.4, -0.2) is 24.1 Å². The van der Waals surface area contributed by atoms with Crippen LogP contribution in [0.5, 0.6) is 0 Å². The van der Waals surface area contributed by atoms with Gasteiger partial charge in [0.25, 0.3) is 0 Å². The third-order valence-corrected chi connectivity index (χ3v) is 2.38. The minimum absolute atomic E-state index is 0.227. The first-order chi connectivity index (χ1) is 5.34. The van der Waals surface area contributed by atoms with Crippen molar-refractivity contribution in [2.45, 2.75) is 13.3 Å². The Bertz CT molecular complexity index is 175. The summed E-state index contributed by atoms with van der Waals surface area (Å²) < 4.78 is 5.14. The lowest BCUT2D eigenvalue weighted by atomic mass is 10.2. The lowest BCUT2D eigenvalue weighted by molar-refractivity contribution is -0.108. The Labute approximate surface area is 71.0 Å². The molecule has 0 spiro atoms. The molecule has 1 aliphatic rings. The number of rotatable bonds is 4. The van der Waals surface area contributed by atoms with Crippen LogP contribution >= 0.6 is 11.8 Å². The highest BCUT2D eigenvalue weighted by Crippen LogP contribution is 2.21. The predicted octanol–water partition coefficient (Wildman–Crippen LogP) is 1.61. The molecule has 0 saturated heterocycles. The molecule has 1 aliphatic heterocycles. The molecular formula is C8H12O2S. The quantitative estimate of drug-likeness (QED) is 0.603. The van der Waals surface area contributed by atoms with E-state index in [1.807, 2.05) is 13.0 Å². The van der Waals surface area contributed by atoms with E-state index in [9.17, 15) is 4.79 Å². The third kappa shape index (κ3) is 2.67. The molecule has 1 heterocycles. The molecule has 11 heavy (non-hydrogen) atoms. The number of ether oxygens (including phenoxy) is 1. The fourth-order valence-corrected chi connectivity index (χ4v) is 1.73. The fourth-order valence-electron chi connectivity index (χ4n) is 0.925. The molecule has 0 aliphatic carbocycles. The molecule has 0 N–H and O–H groups in total. The second kappa shape index (κ2) is 4.57. The molecule has 3 heteroatoms. The van der Waals surface area contributed by atoms with Gasteiger partial charge in [0.1, 0.15) is 0 Å². The van der Waals surface area contributed by atoms with Gasteiger partial charge >= 0.3 is 0 Å². The third-order valence-electron chi connectivity index (χ3n) is 1.53. The second-order valence-corrected chi connectivity index (χ2v) is 3.27. The van der Waals surface area contributed by atoms with Crippen LogP contribution in [0.3, 0.4) is 0 Å². The molecule has 0 aromatic rings. The van der Waals surface area contributed by atoms with Crippen LogP contribution in [-0.2, 0) is 9.53 Å². The van der Waals surface area contributed by atoms with Crippen molar-refractivity contribution in [2.24, 2.45) is 0 Å². The SMILES string of the molecule is CCOCCC1=CCSC1=O. The Morgan fingerprint density at radius 2 is 2.55 bits per heavy atom. The van der Waals surface area contributed by atoms with Crippen molar-refractivity contribution in [1.82, 2.24) is 0 Å². The van der Waals surface area contributed by atoms with Gasteiger partial charge < -0.3 is 4.74 Å². The fraction of sp³-hybridized carbons (Fsp3) is 0.625. The monoisotopic (exact) mass is 172 g/mol. The Hall–Kier alpha value is -0.280. The zero-order valence-electron chi connectivity index (χ0n) is 6.63. The highest BCUT2D eigenvalue weighted by molar-refractivity contribution is 8.14. The topological polar surface area (TPSA) is 26.3 Å². The maximum atomic E-state index is 11.0. The molecule has 1 rings (SSSR count). The summed E-state index contributed by atoms with van der Waals surface area (Å²) in [6.07, 6.45) is 2.77. The highest BCUT2D eigenvalue weighted by Gasteiger charge is 2.14. The van der Waals surface area contributed by atoms with Gasteiger partial charge in [0, 0.05) is 17.9 Å². The first-order valence-corrected chi connectivity index (χ1v) is 4.77. The zero-order valence-corrected chi connectivity index (χ0v) is 7.45. The largest absolute Gasteiger partial charge is 0.381 e. The van der Waals surface area contributed by atoms with Crippen LogP contribution in [0.1, 0.15) is 13.3 Å². The van der Waals surface area contributed by atoms with Gasteiger partial charge in [-0.3, -0.25) is 4.79 Å². The lowest BCUT2D eigenvalue weighted by Crippen LogP contribution is -1.99. The van der Waals surface area contributed by atoms with E-state index in [1.165, 1.54) is 11.8 Å². The standard InChI is InChI=1S/C8H12O2S/c1-2-10-5-3-7-4-6-11-8(7)9/h4H,2-3,5-6H2,1H3. The molecule has 0 unspecified atom stereocenters. The number of hydrogen-bond acceptors (Lipinski definition) is 3. The van der Waals surface area contributed by atoms with E-state index in [0.717, 1.165) is 24.4 Å². The van der Waals surface area contributed by atoms with Crippen molar-refractivity contribution in [2.75, 3.05) is 19.0 Å². The van der Waals surface area contributed by atoms with Crippen LogP contribution in [0, 0.1) is 0 Å². The van der Waals surface area contributed by atoms with Gasteiger partial charge in [-0.15, -0.1) is 0 Å². The summed E-state index contributed by atoms with van der Waals surface area (Å²) in [7, 11) is 0. The average Bonchev–Trinajstić information content (AvgIpc) is 2.37. The normalized spacial score (nSPS) is 17.2. The van der Waals surface area contributed by atoms with Crippen molar-refractivity contribution in [3.8, 4) is 0 Å². The maximum absolute atomic E-state index is 11.0. The van der Waals surface area contributed by atoms with Crippen molar-refractivity contribution >= 4 is 16.9 Å². The van der Waals surface area contributed by atoms with Crippen LogP contribution < -0.4 is 0 Å². The number of carbonyl (C=O) groups excluding carboxylic acids is 1. The molecule has 2 nitrogen and oxygen atoms in total. The molecular weight excluding hydrogens is 160 g/mol. The summed E-state index contributed by atoms with van der Waals surface area (Å²) in [6, 6.07) is 0. The number of hydrogen-bond donors (Lipinski definition) is 0. The first kappa shape index (κ1) is 8.81. The van der Waals surface area contributed by atoms with Crippen molar-refractivity contribution in [3.63, 3.8) is 0 Å². The Balaban J connectivity index is 2.20. The van der Waals surface area contributed by atoms with E-state index < -0.39 is 0 Å². The molecule has 0 amide bonds. The van der Waals surface area contributed by atoms with Crippen LogP contribution in [0.25, 0.3) is 0 Å². The second-order valence-electron chi connectivity index (χ2n) is 2.27. The summed E-state index contributed by atoms with van der Waals surface area (Å²) >= 11 is 1.38. The minimum Gasteiger partial charge on any atom is -0.381 e. The van der Waals surface area contributed by atoms with Crippen LogP contribution in [0.15, 0.2) is 11.6 Å². The Kier molecular flexibility index (Phi) is 3.66. The van der Waals surface area contributed by atoms with E-state index in [0.29, 0.717) is 6.61 Å². The molecule has 0 bridgehead atoms. The minimum atomic E-state index is 0.227. The van der Waals surface area contributed by atoms with Gasteiger partial charge in [-0.05, 0) is 13.3 Å². The summed E-state index contributed by atoms with van der Waals surface area (Å²) in [5.74, 6) is 0.848. The predicted molar refractivity (Wildman–Crippen MR) is 46.7 cm³/mol. The van der Waals surface area contributed by atoms with Gasteiger partial charge in [0.05, 0.1) is 6.61 Å². The van der Waals surface area contributed by atoms with Gasteiger partial charge in [0.15, 0.2) is 0 Å². The van der Waals surface area contributed by atoms with Gasteiger partial charge in [-0.2, -0.15) is 0 Å². The molecule has 0 aromatic heterocycles. The zero-order chi connectivity index (χ0) is 8.10. The molecule has 0 saturated carbocycles. The van der Waals surface area contributed by atoms with E-state index in [-0.39, 0.29) is 5.12 Å². The smallest absolute Gasteiger partial charge is 0.215 e. The first-order valence-electron chi connectivity index (χ1n) is 3.78. The number of carbonyl (C=O) groups is 1. The summed E-state index contributed by atoms with van der Waals surface area (Å²) in [4.78, 5) is 11.0. The van der Waals surface area contributed by atoms with Crippen molar-refractivity contribution in [1.29, 1.82) is 0 Å². The summed E-state index contributed by atoms with van der Waals surface area (Å²) in [5.41, 5.74) is 0.934. The molecule has 62 valence electrons. The molecule has 0 fully saturated rings. The highest BCUT2D eigenvalue weighted by atomic mass is 32.2. The summed E-state index contributed by atoms with van der Waals surface area (Å²) in [6.45, 7) is 3.36. The van der Waals surface area contributed by atoms with E-state index in [4.69, 9.17) is 4.74 Å². The molecule has 0 atom stereocenters. The van der Waals surface area contributed by atoms with E-state index in [2.05, 4.69) is 0 Å². The van der Waals surface area contributed by atoms with Crippen molar-refractivity contribution < 1.29 is 9.53 Å². The van der Waals surface area contributed by atoms with Crippen LogP contribution in [0.4, 0.5) is 0 Å². The molecule has 0 aromatic carbocycles. The Morgan fingerprint density at radius 1 is 1.73 bits per heavy atom. The lowest BCUT2D eigenvalue weighted by Gasteiger charge is -1.99. The van der Waals surface area contributed by atoms with E-state index >= 15 is 0 Å². The van der Waals surface area contributed by atoms with Crippen LogP contribution in [0.2, 0.25) is 0 Å². The maximum Gasteiger partial charge on any atom is 0.215 e. The van der Waals surface area contributed by atoms with Crippen molar-refractivity contribution in [3.05, 3.63) is 11.6 Å². The molecule has 0 radical (unpaired) electrons. The Morgan fingerprint density at radius 3 is 3.09 bits per heavy atom. The van der Waals surface area contributed by atoms with Gasteiger partial charge in [-0.25, -0.2) is 0 Å². The van der Waals surface area contributed by atoms with Gasteiger partial charge in [0.2, 0.25) is 5.12 Å². The summed E-state index contributed by atoms with van der Waals surface area (Å²) in [5, 5.41) is 0.227. The number of thioether (sulfide) groups is 1.